The van der Waals surface area contributed by atoms with E-state index < -0.39 is 0 Å². The molecule has 0 aromatic carbocycles. The molecule has 1 aromatic heterocycles. The van der Waals surface area contributed by atoms with Gasteiger partial charge in [0, 0.05) is 44.4 Å². The van der Waals surface area contributed by atoms with Gasteiger partial charge in [-0.25, -0.2) is 4.98 Å². The fourth-order valence-electron chi connectivity index (χ4n) is 2.94. The first-order chi connectivity index (χ1) is 11.5. The number of aliphatic imine (C=N–C) groups is 1. The van der Waals surface area contributed by atoms with Crippen LogP contribution in [0.2, 0.25) is 0 Å². The van der Waals surface area contributed by atoms with Crippen molar-refractivity contribution in [1.29, 1.82) is 0 Å². The molecule has 142 valence electrons. The summed E-state index contributed by atoms with van der Waals surface area (Å²) in [5.74, 6) is 1.37. The molecule has 25 heavy (non-hydrogen) atoms. The lowest BCUT2D eigenvalue weighted by atomic mass is 9.99. The molecule has 0 radical (unpaired) electrons. The number of thiazole rings is 1. The molecular formula is C17H29IN4O2S. The number of guanidine groups is 1. The molecule has 2 heterocycles. The van der Waals surface area contributed by atoms with Crippen molar-refractivity contribution in [3.63, 3.8) is 0 Å². The second kappa shape index (κ2) is 10.3. The largest absolute Gasteiger partial charge is 0.469 e. The number of likely N-dealkylation sites (tertiary alicyclic amines) is 1. The van der Waals surface area contributed by atoms with Gasteiger partial charge >= 0.3 is 5.97 Å². The average Bonchev–Trinajstić information content (AvgIpc) is 3.18. The van der Waals surface area contributed by atoms with Gasteiger partial charge in [-0.1, -0.05) is 20.8 Å². The summed E-state index contributed by atoms with van der Waals surface area (Å²) in [5.41, 5.74) is 1.12. The van der Waals surface area contributed by atoms with Crippen LogP contribution in [-0.4, -0.2) is 55.6 Å². The Labute approximate surface area is 171 Å². The zero-order chi connectivity index (χ0) is 17.7. The summed E-state index contributed by atoms with van der Waals surface area (Å²) < 4.78 is 4.89. The number of carbonyl (C=O) groups is 1. The summed E-state index contributed by atoms with van der Waals surface area (Å²) in [6, 6.07) is 0. The third kappa shape index (κ3) is 5.80. The van der Waals surface area contributed by atoms with Crippen LogP contribution in [0.4, 0.5) is 0 Å². The number of nitrogens with one attached hydrogen (secondary N) is 1. The topological polar surface area (TPSA) is 66.8 Å². The number of esters is 1. The van der Waals surface area contributed by atoms with Crippen LogP contribution in [0.5, 0.6) is 0 Å². The Balaban J connectivity index is 0.00000312. The summed E-state index contributed by atoms with van der Waals surface area (Å²) in [5, 5.41) is 6.70. The van der Waals surface area contributed by atoms with Crippen molar-refractivity contribution in [3.8, 4) is 0 Å². The molecule has 0 amide bonds. The summed E-state index contributed by atoms with van der Waals surface area (Å²) in [6.45, 7) is 8.65. The van der Waals surface area contributed by atoms with Crippen molar-refractivity contribution >= 4 is 47.2 Å². The highest BCUT2D eigenvalue weighted by molar-refractivity contribution is 14.0. The van der Waals surface area contributed by atoms with Gasteiger partial charge in [0.25, 0.3) is 0 Å². The van der Waals surface area contributed by atoms with E-state index in [1.807, 2.05) is 0 Å². The van der Waals surface area contributed by atoms with Gasteiger partial charge in [0.1, 0.15) is 0 Å². The van der Waals surface area contributed by atoms with Crippen LogP contribution in [0.25, 0.3) is 0 Å². The van der Waals surface area contributed by atoms with Crippen molar-refractivity contribution in [2.24, 2.45) is 16.8 Å². The van der Waals surface area contributed by atoms with Gasteiger partial charge in [-0.15, -0.1) is 35.3 Å². The van der Waals surface area contributed by atoms with Gasteiger partial charge in [-0.2, -0.15) is 0 Å². The highest BCUT2D eigenvalue weighted by Crippen LogP contribution is 2.24. The zero-order valence-electron chi connectivity index (χ0n) is 15.6. The van der Waals surface area contributed by atoms with E-state index in [4.69, 9.17) is 4.74 Å². The van der Waals surface area contributed by atoms with Crippen molar-refractivity contribution < 1.29 is 9.53 Å². The number of halogens is 1. The molecule has 1 aromatic rings. The minimum atomic E-state index is -0.135. The summed E-state index contributed by atoms with van der Waals surface area (Å²) in [4.78, 5) is 23.0. The highest BCUT2D eigenvalue weighted by atomic mass is 127. The Kier molecular flexibility index (Phi) is 9.12. The summed E-state index contributed by atoms with van der Waals surface area (Å²) >= 11 is 1.72. The Hall–Kier alpha value is -0.900. The molecule has 0 spiro atoms. The van der Waals surface area contributed by atoms with Crippen LogP contribution >= 0.6 is 35.3 Å². The van der Waals surface area contributed by atoms with E-state index in [-0.39, 0.29) is 41.8 Å². The van der Waals surface area contributed by atoms with E-state index in [9.17, 15) is 4.79 Å². The quantitative estimate of drug-likeness (QED) is 0.304. The standard InChI is InChI=1S/C17H28N4O2S.HI/c1-11(2)15-20-13(10-24-15)6-7-19-17(18-4)21-8-12(3)14(9-21)16(22)23-5;/h10-12,14H,6-9H2,1-5H3,(H,18,19);1H. The Bertz CT molecular complexity index is 591. The van der Waals surface area contributed by atoms with Crippen molar-refractivity contribution in [2.75, 3.05) is 33.8 Å². The molecule has 2 unspecified atom stereocenters. The van der Waals surface area contributed by atoms with Crippen molar-refractivity contribution in [2.45, 2.75) is 33.1 Å². The first-order valence-electron chi connectivity index (χ1n) is 8.44. The van der Waals surface area contributed by atoms with E-state index >= 15 is 0 Å². The molecule has 0 bridgehead atoms. The first kappa shape index (κ1) is 22.1. The summed E-state index contributed by atoms with van der Waals surface area (Å²) in [7, 11) is 3.22. The third-order valence-corrected chi connectivity index (χ3v) is 5.55. The molecule has 2 atom stereocenters. The Morgan fingerprint density at radius 1 is 1.52 bits per heavy atom. The molecule has 0 saturated carbocycles. The van der Waals surface area contributed by atoms with E-state index in [0.29, 0.717) is 12.5 Å². The molecule has 1 N–H and O–H groups in total. The average molecular weight is 480 g/mol. The number of methoxy groups -OCH3 is 1. The van der Waals surface area contributed by atoms with Gasteiger partial charge < -0.3 is 15.0 Å². The molecule has 2 rings (SSSR count). The fraction of sp³-hybridized carbons (Fsp3) is 0.706. The number of hydrogen-bond acceptors (Lipinski definition) is 5. The van der Waals surface area contributed by atoms with Crippen LogP contribution in [0.1, 0.15) is 37.4 Å². The van der Waals surface area contributed by atoms with Crippen molar-refractivity contribution in [1.82, 2.24) is 15.2 Å². The minimum Gasteiger partial charge on any atom is -0.469 e. The minimum absolute atomic E-state index is 0. The van der Waals surface area contributed by atoms with E-state index in [1.165, 1.54) is 12.1 Å². The number of aromatic nitrogens is 1. The van der Waals surface area contributed by atoms with E-state index in [2.05, 4.69) is 46.3 Å². The van der Waals surface area contributed by atoms with Crippen LogP contribution in [0.15, 0.2) is 10.4 Å². The highest BCUT2D eigenvalue weighted by Gasteiger charge is 2.36. The predicted molar refractivity (Wildman–Crippen MR) is 113 cm³/mol. The number of carbonyl (C=O) groups excluding carboxylic acids is 1. The number of ether oxygens (including phenoxy) is 1. The predicted octanol–water partition coefficient (Wildman–Crippen LogP) is 2.74. The molecular weight excluding hydrogens is 451 g/mol. The number of nitrogens with zero attached hydrogens (tertiary/aromatic N) is 3. The maximum Gasteiger partial charge on any atom is 0.310 e. The third-order valence-electron chi connectivity index (χ3n) is 4.36. The van der Waals surface area contributed by atoms with Crippen LogP contribution in [-0.2, 0) is 16.0 Å². The molecule has 1 saturated heterocycles. The lowest BCUT2D eigenvalue weighted by molar-refractivity contribution is -0.145. The maximum atomic E-state index is 11.8. The monoisotopic (exact) mass is 480 g/mol. The normalized spacial score (nSPS) is 20.6. The second-order valence-electron chi connectivity index (χ2n) is 6.57. The second-order valence-corrected chi connectivity index (χ2v) is 7.46. The summed E-state index contributed by atoms with van der Waals surface area (Å²) in [6.07, 6.45) is 0.867. The molecule has 6 nitrogen and oxygen atoms in total. The SMILES string of the molecule is CN=C(NCCc1csc(C(C)C)n1)N1CC(C)C(C(=O)OC)C1.I. The van der Waals surface area contributed by atoms with Gasteiger partial charge in [0.2, 0.25) is 0 Å². The van der Waals surface area contributed by atoms with Crippen LogP contribution in [0, 0.1) is 11.8 Å². The van der Waals surface area contributed by atoms with E-state index in [0.717, 1.165) is 31.2 Å². The smallest absolute Gasteiger partial charge is 0.310 e. The van der Waals surface area contributed by atoms with Gasteiger partial charge in [0.15, 0.2) is 5.96 Å². The first-order valence-corrected chi connectivity index (χ1v) is 9.32. The molecule has 0 aliphatic carbocycles. The van der Waals surface area contributed by atoms with Crippen molar-refractivity contribution in [3.05, 3.63) is 16.1 Å². The number of hydrogen-bond donors (Lipinski definition) is 1. The maximum absolute atomic E-state index is 11.8. The number of rotatable bonds is 5. The van der Waals surface area contributed by atoms with E-state index in [1.54, 1.807) is 18.4 Å². The Morgan fingerprint density at radius 2 is 2.24 bits per heavy atom. The Morgan fingerprint density at radius 3 is 2.80 bits per heavy atom. The zero-order valence-corrected chi connectivity index (χ0v) is 18.8. The van der Waals surface area contributed by atoms with Gasteiger partial charge in [-0.3, -0.25) is 9.79 Å². The van der Waals surface area contributed by atoms with Crippen LogP contribution < -0.4 is 5.32 Å². The lowest BCUT2D eigenvalue weighted by Crippen LogP contribution is -2.41. The lowest BCUT2D eigenvalue weighted by Gasteiger charge is -2.21. The molecule has 1 aliphatic rings. The molecule has 1 aliphatic heterocycles. The van der Waals surface area contributed by atoms with Crippen LogP contribution in [0.3, 0.4) is 0 Å². The molecule has 8 heteroatoms. The fourth-order valence-corrected chi connectivity index (χ4v) is 3.80. The van der Waals surface area contributed by atoms with Gasteiger partial charge in [0.05, 0.1) is 23.7 Å². The van der Waals surface area contributed by atoms with Gasteiger partial charge in [-0.05, 0) is 5.92 Å². The molecule has 1 fully saturated rings.